The van der Waals surface area contributed by atoms with E-state index in [0.717, 1.165) is 63.2 Å². The van der Waals surface area contributed by atoms with Gasteiger partial charge in [-0.15, -0.1) is 0 Å². The predicted molar refractivity (Wildman–Crippen MR) is 95.0 cm³/mol. The summed E-state index contributed by atoms with van der Waals surface area (Å²) in [7, 11) is 0. The molecule has 2 saturated heterocycles. The van der Waals surface area contributed by atoms with E-state index in [9.17, 15) is 4.79 Å². The Bertz CT molecular complexity index is 552. The monoisotopic (exact) mass is 349 g/mol. The molecule has 3 rings (SSSR count). The van der Waals surface area contributed by atoms with Crippen molar-refractivity contribution >= 4 is 5.91 Å². The van der Waals surface area contributed by atoms with Crippen LogP contribution in [-0.4, -0.2) is 48.3 Å². The molecule has 1 aromatic heterocycles. The van der Waals surface area contributed by atoms with E-state index < -0.39 is 0 Å². The van der Waals surface area contributed by atoms with Crippen LogP contribution in [0.1, 0.15) is 50.5 Å². The van der Waals surface area contributed by atoms with Crippen molar-refractivity contribution in [1.82, 2.24) is 10.1 Å². The first-order valence-electron chi connectivity index (χ1n) is 9.73. The van der Waals surface area contributed by atoms with Crippen molar-refractivity contribution in [3.63, 3.8) is 0 Å². The molecule has 2 aliphatic rings. The van der Waals surface area contributed by atoms with Crippen LogP contribution in [0.3, 0.4) is 0 Å². The molecule has 2 aliphatic heterocycles. The van der Waals surface area contributed by atoms with Gasteiger partial charge < -0.3 is 19.9 Å². The Labute approximate surface area is 150 Å². The van der Waals surface area contributed by atoms with Crippen molar-refractivity contribution in [1.29, 1.82) is 0 Å². The highest BCUT2D eigenvalue weighted by Crippen LogP contribution is 2.30. The molecule has 1 aromatic rings. The molecule has 140 valence electrons. The fourth-order valence-corrected chi connectivity index (χ4v) is 4.10. The summed E-state index contributed by atoms with van der Waals surface area (Å²) in [6.07, 6.45) is 7.20. The number of carbonyl (C=O) groups is 1. The second-order valence-electron chi connectivity index (χ2n) is 7.47. The summed E-state index contributed by atoms with van der Waals surface area (Å²) in [5, 5.41) is 4.04. The van der Waals surface area contributed by atoms with Gasteiger partial charge in [-0.1, -0.05) is 12.1 Å². The fraction of sp³-hybridized carbons (Fsp3) is 0.789. The highest BCUT2D eigenvalue weighted by molar-refractivity contribution is 5.77. The van der Waals surface area contributed by atoms with E-state index in [1.807, 2.05) is 0 Å². The minimum Gasteiger partial charge on any atom is -0.377 e. The van der Waals surface area contributed by atoms with E-state index in [1.165, 1.54) is 12.8 Å². The van der Waals surface area contributed by atoms with Crippen LogP contribution in [0.15, 0.2) is 10.6 Å². The molecule has 0 bridgehead atoms. The highest BCUT2D eigenvalue weighted by atomic mass is 16.5. The zero-order chi connectivity index (χ0) is 17.6. The average molecular weight is 349 g/mol. The van der Waals surface area contributed by atoms with E-state index in [1.54, 1.807) is 0 Å². The summed E-state index contributed by atoms with van der Waals surface area (Å²) in [5.41, 5.74) is 6.53. The van der Waals surface area contributed by atoms with Gasteiger partial charge in [0.05, 0.1) is 17.7 Å². The number of aryl methyl sites for hydroxylation is 2. The maximum Gasteiger partial charge on any atom is 0.223 e. The number of hydrogen-bond donors (Lipinski definition) is 1. The lowest BCUT2D eigenvalue weighted by atomic mass is 9.86. The van der Waals surface area contributed by atoms with Gasteiger partial charge in [-0.25, -0.2) is 0 Å². The van der Waals surface area contributed by atoms with E-state index in [0.29, 0.717) is 12.5 Å². The van der Waals surface area contributed by atoms with E-state index in [2.05, 4.69) is 23.0 Å². The van der Waals surface area contributed by atoms with Crippen molar-refractivity contribution in [2.24, 2.45) is 17.6 Å². The molecule has 6 heteroatoms. The maximum absolute atomic E-state index is 11.5. The molecule has 2 fully saturated rings. The second kappa shape index (κ2) is 8.81. The van der Waals surface area contributed by atoms with Gasteiger partial charge in [0.25, 0.3) is 0 Å². The molecule has 0 spiro atoms. The van der Waals surface area contributed by atoms with Gasteiger partial charge in [-0.3, -0.25) is 4.79 Å². The lowest BCUT2D eigenvalue weighted by Gasteiger charge is -2.33. The maximum atomic E-state index is 11.5. The van der Waals surface area contributed by atoms with Crippen LogP contribution in [0.25, 0.3) is 0 Å². The topological polar surface area (TPSA) is 81.6 Å². The molecule has 25 heavy (non-hydrogen) atoms. The third-order valence-corrected chi connectivity index (χ3v) is 5.72. The summed E-state index contributed by atoms with van der Waals surface area (Å²) < 4.78 is 11.1. The number of carbonyl (C=O) groups excluding carboxylic acids is 1. The number of aromatic nitrogens is 1. The molecule has 3 heterocycles. The molecule has 0 aromatic carbocycles. The van der Waals surface area contributed by atoms with Crippen LogP contribution in [0.5, 0.6) is 0 Å². The number of ether oxygens (including phenoxy) is 1. The van der Waals surface area contributed by atoms with Crippen molar-refractivity contribution in [3.8, 4) is 0 Å². The number of likely N-dealkylation sites (tertiary alicyclic amines) is 1. The van der Waals surface area contributed by atoms with E-state index in [4.69, 9.17) is 15.0 Å². The molecule has 0 unspecified atom stereocenters. The second-order valence-corrected chi connectivity index (χ2v) is 7.47. The normalized spacial score (nSPS) is 25.5. The Morgan fingerprint density at radius 2 is 2.16 bits per heavy atom. The summed E-state index contributed by atoms with van der Waals surface area (Å²) in [6.45, 7) is 6.15. The van der Waals surface area contributed by atoms with Gasteiger partial charge in [-0.2, -0.15) is 0 Å². The molecule has 0 radical (unpaired) electrons. The van der Waals surface area contributed by atoms with Crippen LogP contribution in [-0.2, 0) is 22.4 Å². The van der Waals surface area contributed by atoms with Crippen molar-refractivity contribution in [2.75, 3.05) is 26.2 Å². The van der Waals surface area contributed by atoms with Crippen molar-refractivity contribution in [3.05, 3.63) is 17.5 Å². The minimum absolute atomic E-state index is 0.0493. The summed E-state index contributed by atoms with van der Waals surface area (Å²) in [6, 6.07) is 2.07. The number of nitrogens with two attached hydrogens (primary N) is 1. The Hall–Kier alpha value is -1.40. The van der Waals surface area contributed by atoms with Crippen LogP contribution >= 0.6 is 0 Å². The Morgan fingerprint density at radius 3 is 2.84 bits per heavy atom. The number of rotatable bonds is 8. The third-order valence-electron chi connectivity index (χ3n) is 5.72. The summed E-state index contributed by atoms with van der Waals surface area (Å²) in [5.74, 6) is 1.39. The Balaban J connectivity index is 1.34. The van der Waals surface area contributed by atoms with E-state index >= 15 is 0 Å². The smallest absolute Gasteiger partial charge is 0.223 e. The molecule has 6 nitrogen and oxygen atoms in total. The Morgan fingerprint density at radius 1 is 1.36 bits per heavy atom. The van der Waals surface area contributed by atoms with Gasteiger partial charge >= 0.3 is 0 Å². The number of piperidine rings is 1. The standard InChI is InChI=1S/C19H31N3O3/c1-2-15-13-16(25-21-15)4-3-8-22-9-5-14(6-10-22)12-18-17(19(20)23)7-11-24-18/h13-14,17-18H,2-12H2,1H3,(H2,20,23)/t17-,18-/m1/s1. The fourth-order valence-electron chi connectivity index (χ4n) is 4.10. The first-order valence-corrected chi connectivity index (χ1v) is 9.73. The van der Waals surface area contributed by atoms with Gasteiger partial charge in [0, 0.05) is 19.1 Å². The van der Waals surface area contributed by atoms with Crippen LogP contribution < -0.4 is 5.73 Å². The molecule has 1 amide bonds. The van der Waals surface area contributed by atoms with E-state index in [-0.39, 0.29) is 17.9 Å². The SMILES string of the molecule is CCc1cc(CCCN2CCC(C[C@H]3OCC[C@H]3C(N)=O)CC2)on1. The summed E-state index contributed by atoms with van der Waals surface area (Å²) in [4.78, 5) is 14.0. The number of primary amides is 1. The quantitative estimate of drug-likeness (QED) is 0.778. The van der Waals surface area contributed by atoms with Gasteiger partial charge in [0.1, 0.15) is 5.76 Å². The van der Waals surface area contributed by atoms with Crippen molar-refractivity contribution < 1.29 is 14.1 Å². The first-order chi connectivity index (χ1) is 12.2. The third kappa shape index (κ3) is 5.05. The van der Waals surface area contributed by atoms with Crippen LogP contribution in [0, 0.1) is 11.8 Å². The lowest BCUT2D eigenvalue weighted by Crippen LogP contribution is -2.37. The molecule has 2 N–H and O–H groups in total. The number of hydrogen-bond acceptors (Lipinski definition) is 5. The lowest BCUT2D eigenvalue weighted by molar-refractivity contribution is -0.123. The van der Waals surface area contributed by atoms with Gasteiger partial charge in [0.2, 0.25) is 5.91 Å². The average Bonchev–Trinajstić information content (AvgIpc) is 3.25. The first kappa shape index (κ1) is 18.4. The van der Waals surface area contributed by atoms with Crippen LogP contribution in [0.2, 0.25) is 0 Å². The minimum atomic E-state index is -0.196. The largest absolute Gasteiger partial charge is 0.377 e. The Kier molecular flexibility index (Phi) is 6.48. The molecule has 2 atom stereocenters. The predicted octanol–water partition coefficient (Wildman–Crippen LogP) is 2.16. The zero-order valence-corrected chi connectivity index (χ0v) is 15.3. The zero-order valence-electron chi connectivity index (χ0n) is 15.3. The number of amides is 1. The van der Waals surface area contributed by atoms with Gasteiger partial charge in [-0.05, 0) is 64.1 Å². The number of nitrogens with zero attached hydrogens (tertiary/aromatic N) is 2. The molecule has 0 saturated carbocycles. The van der Waals surface area contributed by atoms with Gasteiger partial charge in [0.15, 0.2) is 0 Å². The molecular weight excluding hydrogens is 318 g/mol. The highest BCUT2D eigenvalue weighted by Gasteiger charge is 2.34. The molecular formula is C19H31N3O3. The summed E-state index contributed by atoms with van der Waals surface area (Å²) >= 11 is 0. The molecule has 0 aliphatic carbocycles. The van der Waals surface area contributed by atoms with Crippen LogP contribution in [0.4, 0.5) is 0 Å². The van der Waals surface area contributed by atoms with Crippen molar-refractivity contribution in [2.45, 2.75) is 58.0 Å².